The maximum atomic E-state index is 12.9. The number of hydrogen-bond acceptors (Lipinski definition) is 4. The number of ether oxygens (including phenoxy) is 2. The van der Waals surface area contributed by atoms with Crippen molar-refractivity contribution in [3.05, 3.63) is 64.7 Å². The van der Waals surface area contributed by atoms with E-state index in [0.717, 1.165) is 29.7 Å². The SMILES string of the molecule is COc1ccc(C)cc1C1(CNC(=O)c2cccc(C(=O)N(C)C)c2)CCOCC1. The number of hydrogen-bond donors (Lipinski definition) is 1. The molecule has 1 heterocycles. The summed E-state index contributed by atoms with van der Waals surface area (Å²) in [7, 11) is 5.06. The van der Waals surface area contributed by atoms with Gasteiger partial charge >= 0.3 is 0 Å². The first kappa shape index (κ1) is 21.8. The van der Waals surface area contributed by atoms with Crippen molar-refractivity contribution in [1.29, 1.82) is 0 Å². The second-order valence-corrected chi connectivity index (χ2v) is 8.06. The van der Waals surface area contributed by atoms with E-state index in [4.69, 9.17) is 9.47 Å². The summed E-state index contributed by atoms with van der Waals surface area (Å²) in [4.78, 5) is 26.7. The van der Waals surface area contributed by atoms with E-state index in [2.05, 4.69) is 18.3 Å². The molecule has 1 saturated heterocycles. The number of amides is 2. The van der Waals surface area contributed by atoms with Crippen LogP contribution in [0.25, 0.3) is 0 Å². The van der Waals surface area contributed by atoms with Gasteiger partial charge < -0.3 is 19.7 Å². The van der Waals surface area contributed by atoms with Gasteiger partial charge in [-0.05, 0) is 44.0 Å². The fourth-order valence-electron chi connectivity index (χ4n) is 3.94. The van der Waals surface area contributed by atoms with Crippen molar-refractivity contribution >= 4 is 11.8 Å². The molecule has 0 atom stereocenters. The Bertz CT molecular complexity index is 917. The zero-order valence-corrected chi connectivity index (χ0v) is 18.2. The predicted molar refractivity (Wildman–Crippen MR) is 116 cm³/mol. The molecular formula is C24H30N2O4. The molecular weight excluding hydrogens is 380 g/mol. The van der Waals surface area contributed by atoms with Crippen molar-refractivity contribution in [3.63, 3.8) is 0 Å². The molecule has 0 radical (unpaired) electrons. The highest BCUT2D eigenvalue weighted by Crippen LogP contribution is 2.40. The van der Waals surface area contributed by atoms with E-state index >= 15 is 0 Å². The zero-order valence-electron chi connectivity index (χ0n) is 18.2. The van der Waals surface area contributed by atoms with Gasteiger partial charge in [-0.25, -0.2) is 0 Å². The summed E-state index contributed by atoms with van der Waals surface area (Å²) < 4.78 is 11.2. The number of methoxy groups -OCH3 is 1. The van der Waals surface area contributed by atoms with Crippen molar-refractivity contribution in [2.75, 3.05) is 41.0 Å². The van der Waals surface area contributed by atoms with Crippen LogP contribution in [0, 0.1) is 6.92 Å². The third kappa shape index (κ3) is 4.65. The first-order valence-corrected chi connectivity index (χ1v) is 10.2. The van der Waals surface area contributed by atoms with Crippen LogP contribution >= 0.6 is 0 Å². The van der Waals surface area contributed by atoms with Gasteiger partial charge in [-0.3, -0.25) is 9.59 Å². The van der Waals surface area contributed by atoms with E-state index in [1.165, 1.54) is 4.90 Å². The zero-order chi connectivity index (χ0) is 21.7. The van der Waals surface area contributed by atoms with Gasteiger partial charge in [0.05, 0.1) is 7.11 Å². The first-order valence-electron chi connectivity index (χ1n) is 10.2. The van der Waals surface area contributed by atoms with Crippen molar-refractivity contribution in [1.82, 2.24) is 10.2 Å². The van der Waals surface area contributed by atoms with Gasteiger partial charge in [0.25, 0.3) is 11.8 Å². The highest BCUT2D eigenvalue weighted by atomic mass is 16.5. The summed E-state index contributed by atoms with van der Waals surface area (Å²) >= 11 is 0. The third-order valence-electron chi connectivity index (χ3n) is 5.74. The lowest BCUT2D eigenvalue weighted by Crippen LogP contribution is -2.45. The van der Waals surface area contributed by atoms with E-state index in [-0.39, 0.29) is 17.2 Å². The Morgan fingerprint density at radius 1 is 1.10 bits per heavy atom. The summed E-state index contributed by atoms with van der Waals surface area (Å²) in [6, 6.07) is 13.0. The minimum absolute atomic E-state index is 0.130. The van der Waals surface area contributed by atoms with Gasteiger partial charge in [0, 0.05) is 56.0 Å². The maximum Gasteiger partial charge on any atom is 0.253 e. The molecule has 0 unspecified atom stereocenters. The molecule has 160 valence electrons. The quantitative estimate of drug-likeness (QED) is 0.794. The van der Waals surface area contributed by atoms with Gasteiger partial charge in [-0.2, -0.15) is 0 Å². The molecule has 1 aliphatic heterocycles. The molecule has 1 N–H and O–H groups in total. The van der Waals surface area contributed by atoms with Gasteiger partial charge in [0.15, 0.2) is 0 Å². The van der Waals surface area contributed by atoms with Crippen LogP contribution < -0.4 is 10.1 Å². The molecule has 2 aromatic carbocycles. The van der Waals surface area contributed by atoms with Crippen molar-refractivity contribution < 1.29 is 19.1 Å². The van der Waals surface area contributed by atoms with Gasteiger partial charge in [0.2, 0.25) is 0 Å². The number of aryl methyl sites for hydroxylation is 1. The van der Waals surface area contributed by atoms with Crippen LogP contribution in [0.5, 0.6) is 5.75 Å². The lowest BCUT2D eigenvalue weighted by molar-refractivity contribution is 0.0479. The normalized spacial score (nSPS) is 15.3. The molecule has 0 aromatic heterocycles. The number of carbonyl (C=O) groups is 2. The Morgan fingerprint density at radius 3 is 2.47 bits per heavy atom. The van der Waals surface area contributed by atoms with Gasteiger partial charge in [-0.15, -0.1) is 0 Å². The summed E-state index contributed by atoms with van der Waals surface area (Å²) in [6.07, 6.45) is 1.60. The van der Waals surface area contributed by atoms with Crippen LogP contribution in [-0.2, 0) is 10.2 Å². The van der Waals surface area contributed by atoms with Crippen LogP contribution in [0.3, 0.4) is 0 Å². The third-order valence-corrected chi connectivity index (χ3v) is 5.74. The molecule has 6 heteroatoms. The summed E-state index contributed by atoms with van der Waals surface area (Å²) in [6.45, 7) is 3.81. The van der Waals surface area contributed by atoms with Crippen LogP contribution in [0.4, 0.5) is 0 Å². The Hall–Kier alpha value is -2.86. The second-order valence-electron chi connectivity index (χ2n) is 8.06. The number of rotatable bonds is 6. The van der Waals surface area contributed by atoms with E-state index in [9.17, 15) is 9.59 Å². The van der Waals surface area contributed by atoms with Crippen molar-refractivity contribution in [3.8, 4) is 5.75 Å². The average Bonchev–Trinajstić information content (AvgIpc) is 2.77. The molecule has 30 heavy (non-hydrogen) atoms. The Morgan fingerprint density at radius 2 is 1.80 bits per heavy atom. The summed E-state index contributed by atoms with van der Waals surface area (Å²) in [5.41, 5.74) is 2.96. The molecule has 0 aliphatic carbocycles. The fourth-order valence-corrected chi connectivity index (χ4v) is 3.94. The first-order chi connectivity index (χ1) is 14.4. The number of nitrogens with zero attached hydrogens (tertiary/aromatic N) is 1. The second kappa shape index (κ2) is 9.30. The molecule has 2 aromatic rings. The van der Waals surface area contributed by atoms with E-state index in [1.54, 1.807) is 45.5 Å². The minimum Gasteiger partial charge on any atom is -0.496 e. The topological polar surface area (TPSA) is 67.9 Å². The number of benzene rings is 2. The Kier molecular flexibility index (Phi) is 6.77. The van der Waals surface area contributed by atoms with Gasteiger partial charge in [-0.1, -0.05) is 23.8 Å². The standard InChI is InChI=1S/C24H30N2O4/c1-17-8-9-21(29-4)20(14-17)24(10-12-30-13-11-24)16-25-22(27)18-6-5-7-19(15-18)23(28)26(2)3/h5-9,14-15H,10-13,16H2,1-4H3,(H,25,27). The van der Waals surface area contributed by atoms with Crippen LogP contribution in [0.15, 0.2) is 42.5 Å². The fraction of sp³-hybridized carbons (Fsp3) is 0.417. The lowest BCUT2D eigenvalue weighted by atomic mass is 9.73. The molecule has 3 rings (SSSR count). The van der Waals surface area contributed by atoms with E-state index in [0.29, 0.717) is 30.9 Å². The minimum atomic E-state index is -0.262. The molecule has 6 nitrogen and oxygen atoms in total. The molecule has 0 saturated carbocycles. The van der Waals surface area contributed by atoms with Crippen LogP contribution in [-0.4, -0.2) is 57.7 Å². The number of nitrogens with one attached hydrogen (secondary N) is 1. The average molecular weight is 411 g/mol. The smallest absolute Gasteiger partial charge is 0.253 e. The van der Waals surface area contributed by atoms with Crippen LogP contribution in [0.2, 0.25) is 0 Å². The van der Waals surface area contributed by atoms with E-state index < -0.39 is 0 Å². The summed E-state index contributed by atoms with van der Waals surface area (Å²) in [5, 5.41) is 3.10. The molecule has 1 fully saturated rings. The maximum absolute atomic E-state index is 12.9. The monoisotopic (exact) mass is 410 g/mol. The molecule has 0 spiro atoms. The van der Waals surface area contributed by atoms with E-state index in [1.807, 2.05) is 12.1 Å². The molecule has 1 aliphatic rings. The van der Waals surface area contributed by atoms with Crippen molar-refractivity contribution in [2.24, 2.45) is 0 Å². The predicted octanol–water partition coefficient (Wildman–Crippen LogP) is 3.18. The highest BCUT2D eigenvalue weighted by molar-refractivity contribution is 5.99. The highest BCUT2D eigenvalue weighted by Gasteiger charge is 2.37. The summed E-state index contributed by atoms with van der Waals surface area (Å²) in [5.74, 6) is 0.506. The van der Waals surface area contributed by atoms with Crippen LogP contribution in [0.1, 0.15) is 44.7 Å². The molecule has 0 bridgehead atoms. The number of carbonyl (C=O) groups excluding carboxylic acids is 2. The Balaban J connectivity index is 1.84. The van der Waals surface area contributed by atoms with Crippen molar-refractivity contribution in [2.45, 2.75) is 25.2 Å². The molecule has 2 amide bonds. The van der Waals surface area contributed by atoms with Gasteiger partial charge in [0.1, 0.15) is 5.75 Å². The lowest BCUT2D eigenvalue weighted by Gasteiger charge is -2.38. The largest absolute Gasteiger partial charge is 0.496 e. The Labute approximate surface area is 178 Å².